The van der Waals surface area contributed by atoms with E-state index in [0.29, 0.717) is 0 Å². The normalized spacial score (nSPS) is 10.8. The Morgan fingerprint density at radius 2 is 2.33 bits per heavy atom. The lowest BCUT2D eigenvalue weighted by molar-refractivity contribution is 0.870. The first-order valence-corrected chi connectivity index (χ1v) is 4.38. The van der Waals surface area contributed by atoms with Crippen LogP contribution >= 0.6 is 11.5 Å². The minimum Gasteiger partial charge on any atom is -0.318 e. The lowest BCUT2D eigenvalue weighted by Crippen LogP contribution is -2.13. The molecule has 2 aromatic heterocycles. The van der Waals surface area contributed by atoms with Gasteiger partial charge < -0.3 is 4.57 Å². The molecule has 0 saturated carbocycles. The van der Waals surface area contributed by atoms with Crippen LogP contribution in [0, 0.1) is 6.92 Å². The highest BCUT2D eigenvalue weighted by molar-refractivity contribution is 7.13. The Kier molecular flexibility index (Phi) is 1.51. The summed E-state index contributed by atoms with van der Waals surface area (Å²) in [7, 11) is 1.75. The number of aryl methyl sites for hydroxylation is 2. The average Bonchev–Trinajstić information content (AvgIpc) is 2.35. The van der Waals surface area contributed by atoms with Gasteiger partial charge in [-0.1, -0.05) is 0 Å². The zero-order valence-corrected chi connectivity index (χ0v) is 7.68. The fraction of sp³-hybridized carbons (Fsp3) is 0.250. The van der Waals surface area contributed by atoms with Gasteiger partial charge in [0, 0.05) is 24.7 Å². The largest absolute Gasteiger partial charge is 0.318 e. The van der Waals surface area contributed by atoms with Crippen molar-refractivity contribution in [3.05, 3.63) is 28.3 Å². The van der Waals surface area contributed by atoms with Gasteiger partial charge in [-0.25, -0.2) is 0 Å². The molecule has 2 aromatic rings. The maximum absolute atomic E-state index is 11.2. The second-order valence-corrected chi connectivity index (χ2v) is 3.57. The van der Waals surface area contributed by atoms with E-state index in [1.54, 1.807) is 17.7 Å². The number of fused-ring (bicyclic) bond motifs is 1. The summed E-state index contributed by atoms with van der Waals surface area (Å²) in [5, 5.41) is 1.07. The van der Waals surface area contributed by atoms with Gasteiger partial charge in [0.15, 0.2) is 0 Å². The number of pyridine rings is 1. The van der Waals surface area contributed by atoms with Crippen molar-refractivity contribution in [2.75, 3.05) is 0 Å². The molecule has 0 aliphatic carbocycles. The molecular weight excluding hydrogens is 172 g/mol. The third-order valence-corrected chi connectivity index (χ3v) is 2.76. The van der Waals surface area contributed by atoms with Crippen molar-refractivity contribution < 1.29 is 0 Å². The van der Waals surface area contributed by atoms with Gasteiger partial charge in [0.25, 0.3) is 5.56 Å². The van der Waals surface area contributed by atoms with Gasteiger partial charge in [-0.05, 0) is 18.5 Å². The second kappa shape index (κ2) is 2.42. The Balaban J connectivity index is 2.97. The Hall–Kier alpha value is -1.16. The highest BCUT2D eigenvalue weighted by Crippen LogP contribution is 2.18. The number of nitrogens with zero attached hydrogens (tertiary/aromatic N) is 2. The summed E-state index contributed by atoms with van der Waals surface area (Å²) < 4.78 is 6.71. The molecule has 0 atom stereocenters. The van der Waals surface area contributed by atoms with Crippen LogP contribution in [0.1, 0.15) is 5.69 Å². The van der Waals surface area contributed by atoms with Crippen LogP contribution < -0.4 is 5.56 Å². The van der Waals surface area contributed by atoms with Crippen molar-refractivity contribution in [2.24, 2.45) is 7.05 Å². The highest BCUT2D eigenvalue weighted by atomic mass is 32.1. The van der Waals surface area contributed by atoms with E-state index < -0.39 is 0 Å². The van der Waals surface area contributed by atoms with E-state index in [0.717, 1.165) is 15.8 Å². The third-order valence-electron chi connectivity index (χ3n) is 1.86. The van der Waals surface area contributed by atoms with Gasteiger partial charge in [0.2, 0.25) is 0 Å². The van der Waals surface area contributed by atoms with Gasteiger partial charge in [-0.3, -0.25) is 4.79 Å². The first kappa shape index (κ1) is 7.49. The van der Waals surface area contributed by atoms with Crippen molar-refractivity contribution in [3.8, 4) is 0 Å². The van der Waals surface area contributed by atoms with Crippen LogP contribution in [0.15, 0.2) is 17.1 Å². The summed E-state index contributed by atoms with van der Waals surface area (Å²) in [6.45, 7) is 1.95. The number of aromatic nitrogens is 2. The molecule has 2 heterocycles. The standard InChI is InChI=1S/C8H8N2OS/c1-5-6-4-10(2)8(11)3-7(6)12-9-5/h3-4H,1-2H3. The van der Waals surface area contributed by atoms with E-state index in [2.05, 4.69) is 4.37 Å². The molecule has 62 valence electrons. The lowest BCUT2D eigenvalue weighted by Gasteiger charge is -1.95. The van der Waals surface area contributed by atoms with Gasteiger partial charge >= 0.3 is 0 Å². The van der Waals surface area contributed by atoms with Crippen LogP contribution in [0.2, 0.25) is 0 Å². The van der Waals surface area contributed by atoms with E-state index in [4.69, 9.17) is 0 Å². The molecule has 4 heteroatoms. The molecule has 0 aromatic carbocycles. The molecule has 3 nitrogen and oxygen atoms in total. The summed E-state index contributed by atoms with van der Waals surface area (Å²) in [6, 6.07) is 1.62. The molecule has 0 spiro atoms. The number of hydrogen-bond donors (Lipinski definition) is 0. The second-order valence-electron chi connectivity index (χ2n) is 2.77. The van der Waals surface area contributed by atoms with Crippen LogP contribution in [-0.4, -0.2) is 8.94 Å². The van der Waals surface area contributed by atoms with E-state index in [-0.39, 0.29) is 5.56 Å². The minimum atomic E-state index is 0.0196. The van der Waals surface area contributed by atoms with Gasteiger partial charge in [0.1, 0.15) is 0 Å². The third kappa shape index (κ3) is 0.956. The molecule has 0 aliphatic heterocycles. The molecule has 12 heavy (non-hydrogen) atoms. The van der Waals surface area contributed by atoms with E-state index >= 15 is 0 Å². The molecule has 0 amide bonds. The molecule has 0 saturated heterocycles. The predicted molar refractivity (Wildman–Crippen MR) is 49.6 cm³/mol. The number of rotatable bonds is 0. The van der Waals surface area contributed by atoms with Crippen molar-refractivity contribution in [2.45, 2.75) is 6.92 Å². The maximum Gasteiger partial charge on any atom is 0.251 e. The zero-order valence-electron chi connectivity index (χ0n) is 6.87. The topological polar surface area (TPSA) is 34.9 Å². The predicted octanol–water partition coefficient (Wildman–Crippen LogP) is 1.30. The van der Waals surface area contributed by atoms with Crippen LogP contribution in [0.5, 0.6) is 0 Å². The Labute approximate surface area is 73.4 Å². The lowest BCUT2D eigenvalue weighted by atomic mass is 10.3. The first-order valence-electron chi connectivity index (χ1n) is 3.61. The van der Waals surface area contributed by atoms with Crippen molar-refractivity contribution in [1.29, 1.82) is 0 Å². The fourth-order valence-electron chi connectivity index (χ4n) is 1.13. The van der Waals surface area contributed by atoms with Gasteiger partial charge in [-0.2, -0.15) is 4.37 Å². The minimum absolute atomic E-state index is 0.0196. The maximum atomic E-state index is 11.2. The molecule has 0 aliphatic rings. The van der Waals surface area contributed by atoms with Crippen LogP contribution in [0.4, 0.5) is 0 Å². The summed E-state index contributed by atoms with van der Waals surface area (Å²) in [5.41, 5.74) is 1.01. The summed E-state index contributed by atoms with van der Waals surface area (Å²) >= 11 is 1.37. The fourth-order valence-corrected chi connectivity index (χ4v) is 1.91. The van der Waals surface area contributed by atoms with E-state index in [1.165, 1.54) is 11.5 Å². The van der Waals surface area contributed by atoms with Crippen molar-refractivity contribution >= 4 is 21.6 Å². The van der Waals surface area contributed by atoms with Crippen molar-refractivity contribution in [1.82, 2.24) is 8.94 Å². The first-order chi connectivity index (χ1) is 5.68. The van der Waals surface area contributed by atoms with Gasteiger partial charge in [0.05, 0.1) is 10.4 Å². The molecule has 0 fully saturated rings. The van der Waals surface area contributed by atoms with Crippen molar-refractivity contribution in [3.63, 3.8) is 0 Å². The molecule has 0 radical (unpaired) electrons. The summed E-state index contributed by atoms with van der Waals surface area (Å²) in [4.78, 5) is 11.2. The molecular formula is C8H8N2OS. The molecule has 2 rings (SSSR count). The monoisotopic (exact) mass is 180 g/mol. The summed E-state index contributed by atoms with van der Waals surface area (Å²) in [6.07, 6.45) is 1.83. The van der Waals surface area contributed by atoms with E-state index in [1.807, 2.05) is 13.1 Å². The Bertz CT molecular complexity index is 483. The van der Waals surface area contributed by atoms with Crippen LogP contribution in [0.25, 0.3) is 10.1 Å². The van der Waals surface area contributed by atoms with Crippen LogP contribution in [0.3, 0.4) is 0 Å². The molecule has 0 N–H and O–H groups in total. The van der Waals surface area contributed by atoms with Crippen LogP contribution in [-0.2, 0) is 7.05 Å². The quantitative estimate of drug-likeness (QED) is 0.612. The highest BCUT2D eigenvalue weighted by Gasteiger charge is 2.02. The smallest absolute Gasteiger partial charge is 0.251 e. The Morgan fingerprint density at radius 1 is 1.58 bits per heavy atom. The number of hydrogen-bond acceptors (Lipinski definition) is 3. The average molecular weight is 180 g/mol. The molecule has 0 bridgehead atoms. The molecule has 0 unspecified atom stereocenters. The van der Waals surface area contributed by atoms with E-state index in [9.17, 15) is 4.79 Å². The van der Waals surface area contributed by atoms with Gasteiger partial charge in [-0.15, -0.1) is 0 Å². The summed E-state index contributed by atoms with van der Waals surface area (Å²) in [5.74, 6) is 0. The Morgan fingerprint density at radius 3 is 3.08 bits per heavy atom. The zero-order chi connectivity index (χ0) is 8.72. The SMILES string of the molecule is Cc1nsc2cc(=O)n(C)cc12.